The Hall–Kier alpha value is -2.29. The fraction of sp³-hybridized carbons (Fsp3) is 0.217. The number of benzene rings is 3. The van der Waals surface area contributed by atoms with Crippen molar-refractivity contribution in [1.82, 2.24) is 5.32 Å². The molecular weight excluding hydrogens is 471 g/mol. The summed E-state index contributed by atoms with van der Waals surface area (Å²) in [6.45, 7) is 1.56. The van der Waals surface area contributed by atoms with Gasteiger partial charge in [-0.2, -0.15) is 0 Å². The largest absolute Gasteiger partial charge is 0.493 e. The highest BCUT2D eigenvalue weighted by molar-refractivity contribution is 7.89. The van der Waals surface area contributed by atoms with Crippen LogP contribution in [0, 0.1) is 0 Å². The zero-order chi connectivity index (χ0) is 23.1. The molecule has 0 aromatic heterocycles. The zero-order valence-corrected chi connectivity index (χ0v) is 19.8. The van der Waals surface area contributed by atoms with Crippen LogP contribution in [0.1, 0.15) is 16.7 Å². The minimum absolute atomic E-state index is 0.103. The summed E-state index contributed by atoms with van der Waals surface area (Å²) in [5.74, 6) is 1.14. The third kappa shape index (κ3) is 6.85. The number of ether oxygens (including phenoxy) is 2. The van der Waals surface area contributed by atoms with Gasteiger partial charge in [-0.15, -0.1) is 0 Å². The Morgan fingerprint density at radius 1 is 0.969 bits per heavy atom. The summed E-state index contributed by atoms with van der Waals surface area (Å²) in [4.78, 5) is 0.103. The van der Waals surface area contributed by atoms with Crippen LogP contribution in [0.4, 0.5) is 0 Å². The van der Waals surface area contributed by atoms with Crippen molar-refractivity contribution >= 4 is 33.2 Å². The van der Waals surface area contributed by atoms with E-state index in [1.165, 1.54) is 12.1 Å². The minimum atomic E-state index is -3.68. The summed E-state index contributed by atoms with van der Waals surface area (Å²) < 4.78 is 34.0. The fourth-order valence-electron chi connectivity index (χ4n) is 3.07. The number of sulfonamides is 1. The third-order valence-electron chi connectivity index (χ3n) is 4.77. The smallest absolute Gasteiger partial charge is 0.238 e. The highest BCUT2D eigenvalue weighted by Gasteiger charge is 2.11. The van der Waals surface area contributed by atoms with Gasteiger partial charge in [-0.3, -0.25) is 0 Å². The van der Waals surface area contributed by atoms with Crippen molar-refractivity contribution < 1.29 is 17.9 Å². The first-order valence-electron chi connectivity index (χ1n) is 9.82. The molecule has 3 N–H and O–H groups in total. The molecule has 0 heterocycles. The number of hydrogen-bond acceptors (Lipinski definition) is 5. The quantitative estimate of drug-likeness (QED) is 0.403. The molecule has 0 bridgehead atoms. The molecule has 9 heteroatoms. The molecule has 0 unspecified atom stereocenters. The molecule has 0 spiro atoms. The summed E-state index contributed by atoms with van der Waals surface area (Å²) in [6.07, 6.45) is 0.723. The van der Waals surface area contributed by atoms with Crippen LogP contribution in [0.3, 0.4) is 0 Å². The van der Waals surface area contributed by atoms with Crippen LogP contribution in [0.25, 0.3) is 0 Å². The van der Waals surface area contributed by atoms with E-state index >= 15 is 0 Å². The molecule has 3 aromatic rings. The van der Waals surface area contributed by atoms with Crippen molar-refractivity contribution in [1.29, 1.82) is 0 Å². The van der Waals surface area contributed by atoms with E-state index in [0.717, 1.165) is 23.1 Å². The van der Waals surface area contributed by atoms with Crippen LogP contribution in [-0.2, 0) is 29.6 Å². The molecule has 0 aliphatic heterocycles. The standard InChI is InChI=1S/C23H24Cl2N2O4S/c1-30-22-12-18(14-27-10-9-16-5-7-20(8-6-16)32(26,28)29)21(25)13-23(22)31-15-17-3-2-4-19(24)11-17/h2-8,11-13,27H,9-10,14-15H2,1H3,(H2,26,28,29). The molecular formula is C23H24Cl2N2O4S. The Morgan fingerprint density at radius 2 is 1.72 bits per heavy atom. The Labute approximate surface area is 198 Å². The Balaban J connectivity index is 1.56. The maximum absolute atomic E-state index is 11.3. The van der Waals surface area contributed by atoms with Gasteiger partial charge in [-0.05, 0) is 60.0 Å². The number of nitrogens with one attached hydrogen (secondary N) is 1. The monoisotopic (exact) mass is 494 g/mol. The summed E-state index contributed by atoms with van der Waals surface area (Å²) in [7, 11) is -2.09. The molecule has 0 saturated heterocycles. The van der Waals surface area contributed by atoms with Gasteiger partial charge in [0.1, 0.15) is 6.61 Å². The predicted octanol–water partition coefficient (Wildman–Crippen LogP) is 4.56. The number of hydrogen-bond donors (Lipinski definition) is 2. The van der Waals surface area contributed by atoms with Crippen molar-refractivity contribution in [3.63, 3.8) is 0 Å². The maximum Gasteiger partial charge on any atom is 0.238 e. The van der Waals surface area contributed by atoms with Crippen LogP contribution < -0.4 is 19.9 Å². The van der Waals surface area contributed by atoms with E-state index < -0.39 is 10.0 Å². The summed E-state index contributed by atoms with van der Waals surface area (Å²) in [6, 6.07) is 17.6. The van der Waals surface area contributed by atoms with Gasteiger partial charge in [-0.25, -0.2) is 13.6 Å². The van der Waals surface area contributed by atoms with E-state index in [2.05, 4.69) is 5.32 Å². The molecule has 0 saturated carbocycles. The molecule has 0 aliphatic rings. The highest BCUT2D eigenvalue weighted by Crippen LogP contribution is 2.34. The SMILES string of the molecule is COc1cc(CNCCc2ccc(S(N)(=O)=O)cc2)c(Cl)cc1OCc1cccc(Cl)c1. The van der Waals surface area contributed by atoms with Crippen molar-refractivity contribution in [2.75, 3.05) is 13.7 Å². The summed E-state index contributed by atoms with van der Waals surface area (Å²) in [5.41, 5.74) is 2.82. The molecule has 0 fully saturated rings. The van der Waals surface area contributed by atoms with Crippen molar-refractivity contribution in [3.05, 3.63) is 87.4 Å². The second kappa shape index (κ2) is 11.0. The minimum Gasteiger partial charge on any atom is -0.493 e. The number of rotatable bonds is 10. The average molecular weight is 495 g/mol. The van der Waals surface area contributed by atoms with Gasteiger partial charge in [-0.1, -0.05) is 47.5 Å². The molecule has 3 aromatic carbocycles. The van der Waals surface area contributed by atoms with E-state index in [4.69, 9.17) is 37.8 Å². The maximum atomic E-state index is 11.3. The second-order valence-electron chi connectivity index (χ2n) is 7.13. The number of primary sulfonamides is 1. The van der Waals surface area contributed by atoms with Crippen LogP contribution in [-0.4, -0.2) is 22.1 Å². The first-order valence-corrected chi connectivity index (χ1v) is 12.1. The molecule has 0 radical (unpaired) electrons. The number of methoxy groups -OCH3 is 1. The van der Waals surface area contributed by atoms with Gasteiger partial charge in [0.25, 0.3) is 0 Å². The molecule has 3 rings (SSSR count). The van der Waals surface area contributed by atoms with Crippen molar-refractivity contribution in [3.8, 4) is 11.5 Å². The van der Waals surface area contributed by atoms with Crippen molar-refractivity contribution in [2.24, 2.45) is 5.14 Å². The molecule has 0 aliphatic carbocycles. The predicted molar refractivity (Wildman–Crippen MR) is 127 cm³/mol. The highest BCUT2D eigenvalue weighted by atomic mass is 35.5. The second-order valence-corrected chi connectivity index (χ2v) is 9.53. The van der Waals surface area contributed by atoms with Crippen LogP contribution in [0.15, 0.2) is 65.6 Å². The third-order valence-corrected chi connectivity index (χ3v) is 6.29. The fourth-order valence-corrected chi connectivity index (χ4v) is 4.02. The van der Waals surface area contributed by atoms with Gasteiger partial charge < -0.3 is 14.8 Å². The molecule has 170 valence electrons. The molecule has 0 amide bonds. The van der Waals surface area contributed by atoms with Crippen LogP contribution in [0.2, 0.25) is 10.0 Å². The van der Waals surface area contributed by atoms with Gasteiger partial charge in [0.15, 0.2) is 11.5 Å². The number of halogens is 2. The summed E-state index contributed by atoms with van der Waals surface area (Å²) >= 11 is 12.5. The average Bonchev–Trinajstić information content (AvgIpc) is 2.76. The van der Waals surface area contributed by atoms with Crippen molar-refractivity contribution in [2.45, 2.75) is 24.5 Å². The normalized spacial score (nSPS) is 11.4. The lowest BCUT2D eigenvalue weighted by molar-refractivity contribution is 0.284. The van der Waals surface area contributed by atoms with E-state index in [9.17, 15) is 8.42 Å². The van der Waals surface area contributed by atoms with Gasteiger partial charge >= 0.3 is 0 Å². The van der Waals surface area contributed by atoms with Gasteiger partial charge in [0.05, 0.1) is 12.0 Å². The first-order chi connectivity index (χ1) is 15.3. The molecule has 6 nitrogen and oxygen atoms in total. The topological polar surface area (TPSA) is 90.6 Å². The molecule has 32 heavy (non-hydrogen) atoms. The van der Waals surface area contributed by atoms with E-state index in [-0.39, 0.29) is 4.90 Å². The van der Waals surface area contributed by atoms with Gasteiger partial charge in [0.2, 0.25) is 10.0 Å². The molecule has 0 atom stereocenters. The lowest BCUT2D eigenvalue weighted by atomic mass is 10.1. The van der Waals surface area contributed by atoms with Crippen LogP contribution in [0.5, 0.6) is 11.5 Å². The van der Waals surface area contributed by atoms with E-state index in [1.807, 2.05) is 30.3 Å². The summed E-state index contributed by atoms with van der Waals surface area (Å²) in [5, 5.41) is 9.67. The Kier molecular flexibility index (Phi) is 8.39. The van der Waals surface area contributed by atoms with E-state index in [1.54, 1.807) is 25.3 Å². The Bertz CT molecular complexity index is 1170. The van der Waals surface area contributed by atoms with E-state index in [0.29, 0.717) is 41.2 Å². The van der Waals surface area contributed by atoms with Crippen LogP contribution >= 0.6 is 23.2 Å². The first kappa shape index (κ1) is 24.4. The Morgan fingerprint density at radius 3 is 2.38 bits per heavy atom. The number of nitrogens with two attached hydrogens (primary N) is 1. The lowest BCUT2D eigenvalue weighted by Crippen LogP contribution is -2.17. The lowest BCUT2D eigenvalue weighted by Gasteiger charge is -2.14. The zero-order valence-electron chi connectivity index (χ0n) is 17.5. The van der Waals surface area contributed by atoms with Gasteiger partial charge in [0, 0.05) is 22.7 Å².